The molecule has 5 nitrogen and oxygen atoms in total. The van der Waals surface area contributed by atoms with Gasteiger partial charge in [-0.15, -0.1) is 0 Å². The lowest BCUT2D eigenvalue weighted by molar-refractivity contribution is -0.275. The monoisotopic (exact) mass is 545 g/mol. The summed E-state index contributed by atoms with van der Waals surface area (Å²) in [5.74, 6) is -1.54. The number of halogens is 7. The number of likely N-dealkylation sites (tertiary alicyclic amines) is 1. The van der Waals surface area contributed by atoms with Crippen molar-refractivity contribution in [1.29, 1.82) is 5.26 Å². The van der Waals surface area contributed by atoms with E-state index in [1.807, 2.05) is 6.07 Å². The first-order chi connectivity index (χ1) is 16.6. The highest BCUT2D eigenvalue weighted by molar-refractivity contribution is 6.35. The normalized spacial score (nSPS) is 21.3. The fraction of sp³-hybridized carbons (Fsp3) is 0.375. The summed E-state index contributed by atoms with van der Waals surface area (Å²) in [4.78, 5) is 18.5. The molecule has 2 aromatic carbocycles. The molecule has 0 aliphatic carbocycles. The predicted octanol–water partition coefficient (Wildman–Crippen LogP) is 6.27. The Morgan fingerprint density at radius 3 is 2.17 bits per heavy atom. The largest absolute Gasteiger partial charge is 0.435 e. The zero-order chi connectivity index (χ0) is 26.7. The van der Waals surface area contributed by atoms with Gasteiger partial charge in [0.05, 0.1) is 34.9 Å². The highest BCUT2D eigenvalue weighted by Gasteiger charge is 2.62. The molecule has 0 bridgehead atoms. The molecule has 1 saturated heterocycles. The van der Waals surface area contributed by atoms with Crippen LogP contribution in [0.25, 0.3) is 0 Å². The second-order valence-electron chi connectivity index (χ2n) is 9.33. The standard InChI is InChI=1S/C24H18Cl2F5N3O2/c1-21(2,10-32)20(35)34-11-22(28,12-34)14-5-3-13(4-6-14)18-9-23(36-33-18,24(29,30)31)15-7-16(25)19(27)17(26)8-15/h3-8H,9,11-12H2,1-2H3. The maximum Gasteiger partial charge on any atom is 0.435 e. The average Bonchev–Trinajstić information content (AvgIpc) is 3.27. The van der Waals surface area contributed by atoms with Gasteiger partial charge in [-0.2, -0.15) is 18.4 Å². The number of amides is 1. The van der Waals surface area contributed by atoms with E-state index in [9.17, 15) is 22.4 Å². The number of oxime groups is 1. The Balaban J connectivity index is 1.54. The predicted molar refractivity (Wildman–Crippen MR) is 122 cm³/mol. The van der Waals surface area contributed by atoms with Crippen LogP contribution in [0.4, 0.5) is 22.0 Å². The van der Waals surface area contributed by atoms with Crippen LogP contribution < -0.4 is 0 Å². The molecular formula is C24H18Cl2F5N3O2. The Morgan fingerprint density at radius 2 is 1.67 bits per heavy atom. The first-order valence-corrected chi connectivity index (χ1v) is 11.4. The van der Waals surface area contributed by atoms with E-state index >= 15 is 4.39 Å². The fourth-order valence-electron chi connectivity index (χ4n) is 4.14. The van der Waals surface area contributed by atoms with Crippen molar-refractivity contribution < 1.29 is 31.6 Å². The molecule has 190 valence electrons. The van der Waals surface area contributed by atoms with Crippen molar-refractivity contribution in [2.45, 2.75) is 37.7 Å². The Hall–Kier alpha value is -2.90. The van der Waals surface area contributed by atoms with E-state index in [1.54, 1.807) is 0 Å². The minimum atomic E-state index is -4.95. The lowest BCUT2D eigenvalue weighted by Crippen LogP contribution is -2.61. The topological polar surface area (TPSA) is 65.7 Å². The summed E-state index contributed by atoms with van der Waals surface area (Å²) in [6, 6.07) is 9.07. The third-order valence-corrected chi connectivity index (χ3v) is 6.91. The van der Waals surface area contributed by atoms with Crippen molar-refractivity contribution in [2.24, 2.45) is 10.6 Å². The molecule has 36 heavy (non-hydrogen) atoms. The highest BCUT2D eigenvalue weighted by Crippen LogP contribution is 2.50. The van der Waals surface area contributed by atoms with Gasteiger partial charge in [0.2, 0.25) is 5.91 Å². The molecule has 0 saturated carbocycles. The maximum absolute atomic E-state index is 15.3. The number of hydrogen-bond donors (Lipinski definition) is 0. The molecule has 2 aromatic rings. The summed E-state index contributed by atoms with van der Waals surface area (Å²) >= 11 is 11.4. The lowest BCUT2D eigenvalue weighted by atomic mass is 9.83. The number of carbonyl (C=O) groups excluding carboxylic acids is 1. The molecule has 2 heterocycles. The van der Waals surface area contributed by atoms with E-state index in [4.69, 9.17) is 33.3 Å². The molecule has 0 spiro atoms. The average molecular weight is 546 g/mol. The number of hydrogen-bond acceptors (Lipinski definition) is 4. The summed E-state index contributed by atoms with van der Waals surface area (Å²) in [6.07, 6.45) is -5.70. The molecule has 2 aliphatic heterocycles. The fourth-order valence-corrected chi connectivity index (χ4v) is 4.62. The minimum absolute atomic E-state index is 0.0652. The molecular weight excluding hydrogens is 528 g/mol. The Kier molecular flexibility index (Phi) is 6.25. The van der Waals surface area contributed by atoms with Crippen LogP contribution in [0.3, 0.4) is 0 Å². The number of benzene rings is 2. The molecule has 0 N–H and O–H groups in total. The van der Waals surface area contributed by atoms with Crippen molar-refractivity contribution in [3.05, 3.63) is 69.0 Å². The van der Waals surface area contributed by atoms with Crippen LogP contribution in [0.15, 0.2) is 41.6 Å². The van der Waals surface area contributed by atoms with Crippen LogP contribution >= 0.6 is 23.2 Å². The molecule has 4 rings (SSSR count). The first kappa shape index (κ1) is 26.2. The number of nitrogens with zero attached hydrogens (tertiary/aromatic N) is 3. The minimum Gasteiger partial charge on any atom is -0.374 e. The quantitative estimate of drug-likeness (QED) is 0.336. The second-order valence-corrected chi connectivity index (χ2v) is 10.1. The summed E-state index contributed by atoms with van der Waals surface area (Å²) in [6.45, 7) is 2.40. The van der Waals surface area contributed by atoms with Gasteiger partial charge in [0, 0.05) is 12.0 Å². The Morgan fingerprint density at radius 1 is 1.11 bits per heavy atom. The number of rotatable bonds is 4. The van der Waals surface area contributed by atoms with Crippen LogP contribution in [0.5, 0.6) is 0 Å². The Labute approximate surface area is 213 Å². The second kappa shape index (κ2) is 8.60. The van der Waals surface area contributed by atoms with Gasteiger partial charge >= 0.3 is 6.18 Å². The number of nitriles is 1. The molecule has 2 aliphatic rings. The lowest BCUT2D eigenvalue weighted by Gasteiger charge is -2.46. The third-order valence-electron chi connectivity index (χ3n) is 6.36. The zero-order valence-electron chi connectivity index (χ0n) is 18.9. The summed E-state index contributed by atoms with van der Waals surface area (Å²) in [7, 11) is 0. The van der Waals surface area contributed by atoms with Gasteiger partial charge in [0.25, 0.3) is 5.60 Å². The van der Waals surface area contributed by atoms with Crippen LogP contribution in [0, 0.1) is 22.6 Å². The van der Waals surface area contributed by atoms with Gasteiger partial charge in [-0.05, 0) is 37.1 Å². The zero-order valence-corrected chi connectivity index (χ0v) is 20.4. The van der Waals surface area contributed by atoms with E-state index in [0.29, 0.717) is 0 Å². The maximum atomic E-state index is 15.3. The van der Waals surface area contributed by atoms with Gasteiger partial charge in [-0.3, -0.25) is 4.79 Å². The highest BCUT2D eigenvalue weighted by atomic mass is 35.5. The molecule has 0 radical (unpaired) electrons. The SMILES string of the molecule is CC(C)(C#N)C(=O)N1CC(F)(c2ccc(C3=NOC(c4cc(Cl)c(F)c(Cl)c4)(C(F)(F)F)C3)cc2)C1. The molecule has 1 atom stereocenters. The number of carbonyl (C=O) groups is 1. The van der Waals surface area contributed by atoms with Crippen molar-refractivity contribution in [3.63, 3.8) is 0 Å². The summed E-state index contributed by atoms with van der Waals surface area (Å²) in [5.41, 5.74) is -6.17. The van der Waals surface area contributed by atoms with Gasteiger partial charge in [0.1, 0.15) is 5.41 Å². The Bertz CT molecular complexity index is 1280. The van der Waals surface area contributed by atoms with Crippen molar-refractivity contribution in [3.8, 4) is 6.07 Å². The van der Waals surface area contributed by atoms with Crippen molar-refractivity contribution in [1.82, 2.24) is 4.90 Å². The van der Waals surface area contributed by atoms with E-state index < -0.39 is 56.6 Å². The summed E-state index contributed by atoms with van der Waals surface area (Å²) < 4.78 is 71.6. The summed E-state index contributed by atoms with van der Waals surface area (Å²) in [5, 5.41) is 11.5. The van der Waals surface area contributed by atoms with E-state index in [0.717, 1.165) is 12.1 Å². The van der Waals surface area contributed by atoms with Crippen LogP contribution in [0.2, 0.25) is 10.0 Å². The van der Waals surface area contributed by atoms with Gasteiger partial charge in [-0.1, -0.05) is 52.6 Å². The first-order valence-electron chi connectivity index (χ1n) is 10.6. The van der Waals surface area contributed by atoms with Gasteiger partial charge in [-0.25, -0.2) is 8.78 Å². The smallest absolute Gasteiger partial charge is 0.374 e. The van der Waals surface area contributed by atoms with E-state index in [2.05, 4.69) is 5.16 Å². The van der Waals surface area contributed by atoms with Gasteiger partial charge in [0.15, 0.2) is 11.5 Å². The molecule has 1 amide bonds. The van der Waals surface area contributed by atoms with E-state index in [-0.39, 0.29) is 29.9 Å². The van der Waals surface area contributed by atoms with Gasteiger partial charge < -0.3 is 9.74 Å². The van der Waals surface area contributed by atoms with E-state index in [1.165, 1.54) is 43.0 Å². The van der Waals surface area contributed by atoms with Crippen LogP contribution in [-0.4, -0.2) is 35.8 Å². The number of alkyl halides is 4. The van der Waals surface area contributed by atoms with Crippen LogP contribution in [-0.2, 0) is 20.9 Å². The van der Waals surface area contributed by atoms with Crippen LogP contribution in [0.1, 0.15) is 37.0 Å². The van der Waals surface area contributed by atoms with Crippen molar-refractivity contribution >= 4 is 34.8 Å². The molecule has 1 fully saturated rings. The molecule has 0 aromatic heterocycles. The molecule has 12 heteroatoms. The molecule has 1 unspecified atom stereocenters. The van der Waals surface area contributed by atoms with Crippen molar-refractivity contribution in [2.75, 3.05) is 13.1 Å². The third kappa shape index (κ3) is 4.18.